The van der Waals surface area contributed by atoms with Crippen LogP contribution >= 0.6 is 0 Å². The molecule has 0 saturated carbocycles. The molecule has 0 N–H and O–H groups in total. The third-order valence-corrected chi connectivity index (χ3v) is 3.65. The maximum atomic E-state index is 12.3. The molecule has 1 aliphatic heterocycles. The maximum Gasteiger partial charge on any atom is 0.193 e. The number of ether oxygens (including phenoxy) is 1. The van der Waals surface area contributed by atoms with Crippen molar-refractivity contribution in [1.82, 2.24) is 0 Å². The van der Waals surface area contributed by atoms with Crippen LogP contribution < -0.4 is 0 Å². The van der Waals surface area contributed by atoms with Crippen LogP contribution in [0, 0.1) is 5.92 Å². The van der Waals surface area contributed by atoms with Crippen molar-refractivity contribution in [2.45, 2.75) is 25.6 Å². The molecule has 1 heterocycles. The molecule has 92 valence electrons. The summed E-state index contributed by atoms with van der Waals surface area (Å²) in [6, 6.07) is 6.76. The summed E-state index contributed by atoms with van der Waals surface area (Å²) in [5.41, 5.74) is 0.865. The van der Waals surface area contributed by atoms with Crippen molar-refractivity contribution >= 4 is 17.3 Å². The molecule has 0 aromatic heterocycles. The highest BCUT2D eigenvalue weighted by Crippen LogP contribution is 2.36. The highest BCUT2D eigenvalue weighted by Gasteiger charge is 2.49. The Morgan fingerprint density at radius 3 is 2.39 bits per heavy atom. The summed E-state index contributed by atoms with van der Waals surface area (Å²) in [5, 5.41) is 0. The summed E-state index contributed by atoms with van der Waals surface area (Å²) < 4.78 is 5.45. The minimum absolute atomic E-state index is 0.0843. The molecule has 4 heteroatoms. The minimum atomic E-state index is -0.777. The Morgan fingerprint density at radius 1 is 1.17 bits per heavy atom. The van der Waals surface area contributed by atoms with E-state index in [0.29, 0.717) is 17.5 Å². The third kappa shape index (κ3) is 1.46. The van der Waals surface area contributed by atoms with Crippen molar-refractivity contribution in [1.29, 1.82) is 0 Å². The fourth-order valence-corrected chi connectivity index (χ4v) is 2.70. The Bertz CT molecular complexity index is 518. The van der Waals surface area contributed by atoms with Gasteiger partial charge in [-0.3, -0.25) is 14.4 Å². The summed E-state index contributed by atoms with van der Waals surface area (Å²) >= 11 is 0. The summed E-state index contributed by atoms with van der Waals surface area (Å²) in [5.74, 6) is -0.895. The van der Waals surface area contributed by atoms with Gasteiger partial charge in [-0.2, -0.15) is 0 Å². The molecule has 0 bridgehead atoms. The monoisotopic (exact) mass is 244 g/mol. The molecule has 0 unspecified atom stereocenters. The van der Waals surface area contributed by atoms with Gasteiger partial charge in [0.05, 0.1) is 5.92 Å². The van der Waals surface area contributed by atoms with Crippen molar-refractivity contribution in [2.75, 3.05) is 0 Å². The van der Waals surface area contributed by atoms with Gasteiger partial charge in [-0.25, -0.2) is 0 Å². The van der Waals surface area contributed by atoms with Crippen LogP contribution in [0.2, 0.25) is 0 Å². The van der Waals surface area contributed by atoms with Crippen LogP contribution in [0.3, 0.4) is 0 Å². The Morgan fingerprint density at radius 2 is 1.78 bits per heavy atom. The lowest BCUT2D eigenvalue weighted by Gasteiger charge is -2.23. The number of benzene rings is 1. The number of carbonyl (C=O) groups excluding carboxylic acids is 3. The number of hydrogen-bond donors (Lipinski definition) is 0. The molecule has 1 aromatic rings. The SMILES string of the molecule is CC(=O)[C@@H]1C[C@H]2C(=O)c3ccccc3C(=O)[C@@H]2O1. The summed E-state index contributed by atoms with van der Waals surface area (Å²) in [6.07, 6.45) is -1.08. The van der Waals surface area contributed by atoms with Crippen LogP contribution in [0.1, 0.15) is 34.1 Å². The highest BCUT2D eigenvalue weighted by atomic mass is 16.5. The first kappa shape index (κ1) is 11.3. The number of ketones is 3. The smallest absolute Gasteiger partial charge is 0.193 e. The number of Topliss-reactive ketones (excluding diaryl/α,β-unsaturated/α-hetero) is 3. The third-order valence-electron chi connectivity index (χ3n) is 3.65. The van der Waals surface area contributed by atoms with Crippen LogP contribution in [0.15, 0.2) is 24.3 Å². The normalized spacial score (nSPS) is 29.9. The number of carbonyl (C=O) groups is 3. The molecule has 3 rings (SSSR count). The summed E-state index contributed by atoms with van der Waals surface area (Å²) in [6.45, 7) is 1.42. The van der Waals surface area contributed by atoms with E-state index in [1.807, 2.05) is 0 Å². The van der Waals surface area contributed by atoms with Gasteiger partial charge in [0.25, 0.3) is 0 Å². The van der Waals surface area contributed by atoms with Crippen LogP contribution in [0.5, 0.6) is 0 Å². The number of fused-ring (bicyclic) bond motifs is 2. The molecule has 2 aliphatic rings. The van der Waals surface area contributed by atoms with Crippen molar-refractivity contribution in [3.63, 3.8) is 0 Å². The van der Waals surface area contributed by atoms with Gasteiger partial charge in [0, 0.05) is 11.1 Å². The zero-order valence-corrected chi connectivity index (χ0v) is 9.88. The first-order valence-electron chi connectivity index (χ1n) is 5.93. The molecular weight excluding hydrogens is 232 g/mol. The molecule has 4 nitrogen and oxygen atoms in total. The van der Waals surface area contributed by atoms with E-state index < -0.39 is 18.1 Å². The molecule has 1 fully saturated rings. The second kappa shape index (κ2) is 3.85. The van der Waals surface area contributed by atoms with Crippen LogP contribution in [0.4, 0.5) is 0 Å². The van der Waals surface area contributed by atoms with Crippen molar-refractivity contribution in [3.8, 4) is 0 Å². The molecule has 0 radical (unpaired) electrons. The summed E-state index contributed by atoms with van der Waals surface area (Å²) in [4.78, 5) is 35.8. The average molecular weight is 244 g/mol. The van der Waals surface area contributed by atoms with Crippen LogP contribution in [-0.2, 0) is 9.53 Å². The van der Waals surface area contributed by atoms with Crippen LogP contribution in [0.25, 0.3) is 0 Å². The molecule has 1 aliphatic carbocycles. The lowest BCUT2D eigenvalue weighted by Crippen LogP contribution is -2.38. The topological polar surface area (TPSA) is 60.4 Å². The van der Waals surface area contributed by atoms with Gasteiger partial charge in [-0.15, -0.1) is 0 Å². The predicted molar refractivity (Wildman–Crippen MR) is 62.6 cm³/mol. The van der Waals surface area contributed by atoms with Gasteiger partial charge < -0.3 is 4.74 Å². The minimum Gasteiger partial charge on any atom is -0.358 e. The second-order valence-corrected chi connectivity index (χ2v) is 4.77. The van der Waals surface area contributed by atoms with Crippen molar-refractivity contribution in [3.05, 3.63) is 35.4 Å². The van der Waals surface area contributed by atoms with Gasteiger partial charge >= 0.3 is 0 Å². The highest BCUT2D eigenvalue weighted by molar-refractivity contribution is 6.17. The fourth-order valence-electron chi connectivity index (χ4n) is 2.70. The summed E-state index contributed by atoms with van der Waals surface area (Å²) in [7, 11) is 0. The van der Waals surface area contributed by atoms with E-state index in [0.717, 1.165) is 0 Å². The predicted octanol–water partition coefficient (Wildman–Crippen LogP) is 1.43. The second-order valence-electron chi connectivity index (χ2n) is 4.77. The molecule has 1 saturated heterocycles. The number of hydrogen-bond acceptors (Lipinski definition) is 4. The van der Waals surface area contributed by atoms with Crippen molar-refractivity contribution in [2.24, 2.45) is 5.92 Å². The van der Waals surface area contributed by atoms with E-state index in [1.165, 1.54) is 6.92 Å². The lowest BCUT2D eigenvalue weighted by atomic mass is 9.79. The first-order chi connectivity index (χ1) is 8.59. The van der Waals surface area contributed by atoms with E-state index >= 15 is 0 Å². The molecule has 0 amide bonds. The Hall–Kier alpha value is -1.81. The Kier molecular flexibility index (Phi) is 2.41. The first-order valence-corrected chi connectivity index (χ1v) is 5.93. The average Bonchev–Trinajstić information content (AvgIpc) is 2.81. The molecule has 3 atom stereocenters. The van der Waals surface area contributed by atoms with Gasteiger partial charge in [0.15, 0.2) is 17.3 Å². The van der Waals surface area contributed by atoms with Gasteiger partial charge in [0.2, 0.25) is 0 Å². The van der Waals surface area contributed by atoms with E-state index in [2.05, 4.69) is 0 Å². The zero-order valence-electron chi connectivity index (χ0n) is 9.88. The van der Waals surface area contributed by atoms with Crippen LogP contribution in [-0.4, -0.2) is 29.6 Å². The maximum absolute atomic E-state index is 12.3. The number of rotatable bonds is 1. The zero-order chi connectivity index (χ0) is 12.9. The van der Waals surface area contributed by atoms with Gasteiger partial charge in [-0.1, -0.05) is 24.3 Å². The quantitative estimate of drug-likeness (QED) is 0.749. The Balaban J connectivity index is 2.04. The van der Waals surface area contributed by atoms with Gasteiger partial charge in [-0.05, 0) is 13.3 Å². The standard InChI is InChI=1S/C14H12O4/c1-7(15)11-6-10-12(16)8-4-2-3-5-9(8)13(17)14(10)18-11/h2-5,10-11,14H,6H2,1H3/t10-,11-,14+/m0/s1. The van der Waals surface area contributed by atoms with Gasteiger partial charge in [0.1, 0.15) is 12.2 Å². The van der Waals surface area contributed by atoms with E-state index in [-0.39, 0.29) is 17.3 Å². The molecule has 18 heavy (non-hydrogen) atoms. The molecular formula is C14H12O4. The molecule has 1 aromatic carbocycles. The Labute approximate surface area is 104 Å². The van der Waals surface area contributed by atoms with Crippen molar-refractivity contribution < 1.29 is 19.1 Å². The fraction of sp³-hybridized carbons (Fsp3) is 0.357. The van der Waals surface area contributed by atoms with E-state index in [9.17, 15) is 14.4 Å². The molecule has 0 spiro atoms. The van der Waals surface area contributed by atoms with E-state index in [4.69, 9.17) is 4.74 Å². The van der Waals surface area contributed by atoms with E-state index in [1.54, 1.807) is 24.3 Å². The lowest BCUT2D eigenvalue weighted by molar-refractivity contribution is -0.126. The largest absolute Gasteiger partial charge is 0.358 e.